The summed E-state index contributed by atoms with van der Waals surface area (Å²) < 4.78 is 26.2. The molecule has 0 aliphatic carbocycles. The molecule has 1 atom stereocenters. The van der Waals surface area contributed by atoms with Gasteiger partial charge in [-0.15, -0.1) is 11.8 Å². The van der Waals surface area contributed by atoms with Gasteiger partial charge in [-0.25, -0.2) is 9.07 Å². The van der Waals surface area contributed by atoms with Crippen LogP contribution in [0.4, 0.5) is 15.9 Å². The van der Waals surface area contributed by atoms with Crippen LogP contribution in [-0.2, 0) is 15.0 Å². The molecule has 0 saturated carbocycles. The van der Waals surface area contributed by atoms with Crippen LogP contribution in [0.15, 0.2) is 66.7 Å². The number of carbonyl (C=O) groups excluding carboxylic acids is 2. The molecule has 1 aliphatic heterocycles. The van der Waals surface area contributed by atoms with E-state index in [0.29, 0.717) is 33.7 Å². The fourth-order valence-electron chi connectivity index (χ4n) is 5.02. The van der Waals surface area contributed by atoms with E-state index in [1.165, 1.54) is 40.9 Å². The molecule has 5 rings (SSSR count). The van der Waals surface area contributed by atoms with E-state index in [2.05, 4.69) is 26.1 Å². The fraction of sp³-hybridized carbons (Fsp3) is 0.281. The van der Waals surface area contributed by atoms with Gasteiger partial charge in [0, 0.05) is 16.7 Å². The Bertz CT molecular complexity index is 1670. The summed E-state index contributed by atoms with van der Waals surface area (Å²) in [5.41, 5.74) is 2.99. The minimum atomic E-state index is -0.443. The molecule has 0 bridgehead atoms. The predicted molar refractivity (Wildman–Crippen MR) is 169 cm³/mol. The number of thioether (sulfide) groups is 1. The number of methoxy groups -OCH3 is 2. The van der Waals surface area contributed by atoms with Crippen LogP contribution in [0.2, 0.25) is 5.02 Å². The number of para-hydroxylation sites is 1. The molecule has 43 heavy (non-hydrogen) atoms. The Morgan fingerprint density at radius 2 is 1.77 bits per heavy atom. The average molecular weight is 623 g/mol. The van der Waals surface area contributed by atoms with E-state index < -0.39 is 17.1 Å². The highest BCUT2D eigenvalue weighted by atomic mass is 35.5. The Morgan fingerprint density at radius 1 is 1.07 bits per heavy atom. The molecular formula is C32H32ClFN4O4S. The SMILES string of the molecule is COc1ccc(C2SCC(=O)N(CC(=O)Nc3ccc(F)cc3)c3c2c(C(C)(C)C)nn3-c2ccccc2Cl)cc1OC. The number of ether oxygens (including phenoxy) is 2. The summed E-state index contributed by atoms with van der Waals surface area (Å²) in [6.07, 6.45) is 0. The topological polar surface area (TPSA) is 85.7 Å². The number of nitrogens with zero attached hydrogens (tertiary/aromatic N) is 3. The van der Waals surface area contributed by atoms with Crippen LogP contribution >= 0.6 is 23.4 Å². The Kier molecular flexibility index (Phi) is 8.71. The van der Waals surface area contributed by atoms with E-state index in [1.807, 2.05) is 36.4 Å². The van der Waals surface area contributed by atoms with Gasteiger partial charge in [0.1, 0.15) is 18.2 Å². The van der Waals surface area contributed by atoms with Gasteiger partial charge in [-0.1, -0.05) is 50.6 Å². The molecule has 0 radical (unpaired) electrons. The van der Waals surface area contributed by atoms with Gasteiger partial charge in [-0.2, -0.15) is 5.10 Å². The molecule has 1 aliphatic rings. The van der Waals surface area contributed by atoms with Crippen molar-refractivity contribution in [2.24, 2.45) is 0 Å². The zero-order chi connectivity index (χ0) is 30.9. The molecule has 224 valence electrons. The van der Waals surface area contributed by atoms with E-state index in [-0.39, 0.29) is 23.5 Å². The summed E-state index contributed by atoms with van der Waals surface area (Å²) in [5, 5.41) is 7.95. The van der Waals surface area contributed by atoms with Gasteiger partial charge in [0.15, 0.2) is 11.5 Å². The zero-order valence-electron chi connectivity index (χ0n) is 24.5. The zero-order valence-corrected chi connectivity index (χ0v) is 26.1. The maximum atomic E-state index is 13.9. The van der Waals surface area contributed by atoms with Crippen LogP contribution in [0.1, 0.15) is 42.8 Å². The lowest BCUT2D eigenvalue weighted by molar-refractivity contribution is -0.120. The molecule has 1 unspecified atom stereocenters. The van der Waals surface area contributed by atoms with Crippen LogP contribution in [0.5, 0.6) is 11.5 Å². The van der Waals surface area contributed by atoms with Gasteiger partial charge in [0.05, 0.1) is 41.6 Å². The lowest BCUT2D eigenvalue weighted by atomic mass is 9.87. The monoisotopic (exact) mass is 622 g/mol. The average Bonchev–Trinajstić information content (AvgIpc) is 3.31. The molecule has 0 saturated heterocycles. The molecule has 11 heteroatoms. The highest BCUT2D eigenvalue weighted by molar-refractivity contribution is 8.00. The van der Waals surface area contributed by atoms with Gasteiger partial charge in [0.25, 0.3) is 0 Å². The van der Waals surface area contributed by atoms with Gasteiger partial charge in [-0.05, 0) is 54.1 Å². The first-order chi connectivity index (χ1) is 20.5. The second kappa shape index (κ2) is 12.3. The van der Waals surface area contributed by atoms with E-state index in [1.54, 1.807) is 25.0 Å². The van der Waals surface area contributed by atoms with Crippen molar-refractivity contribution in [1.82, 2.24) is 9.78 Å². The van der Waals surface area contributed by atoms with Gasteiger partial charge < -0.3 is 14.8 Å². The Balaban J connectivity index is 1.72. The van der Waals surface area contributed by atoms with Crippen molar-refractivity contribution in [3.63, 3.8) is 0 Å². The van der Waals surface area contributed by atoms with Crippen molar-refractivity contribution in [3.8, 4) is 17.2 Å². The van der Waals surface area contributed by atoms with Gasteiger partial charge in [-0.3, -0.25) is 14.5 Å². The molecule has 3 aromatic carbocycles. The van der Waals surface area contributed by atoms with E-state index >= 15 is 0 Å². The third-order valence-electron chi connectivity index (χ3n) is 7.02. The van der Waals surface area contributed by atoms with Crippen LogP contribution in [0.3, 0.4) is 0 Å². The molecule has 2 heterocycles. The van der Waals surface area contributed by atoms with Gasteiger partial charge >= 0.3 is 0 Å². The third-order valence-corrected chi connectivity index (χ3v) is 8.59. The van der Waals surface area contributed by atoms with Crippen molar-refractivity contribution in [2.75, 3.05) is 36.7 Å². The van der Waals surface area contributed by atoms with Crippen molar-refractivity contribution >= 4 is 46.7 Å². The van der Waals surface area contributed by atoms with Crippen molar-refractivity contribution in [1.29, 1.82) is 0 Å². The number of hydrogen-bond acceptors (Lipinski definition) is 6. The first kappa shape index (κ1) is 30.4. The van der Waals surface area contributed by atoms with Crippen LogP contribution in [0, 0.1) is 5.82 Å². The first-order valence-electron chi connectivity index (χ1n) is 13.6. The molecule has 1 aromatic heterocycles. The molecule has 0 spiro atoms. The summed E-state index contributed by atoms with van der Waals surface area (Å²) >= 11 is 8.14. The number of halogens is 2. The highest BCUT2D eigenvalue weighted by Gasteiger charge is 2.40. The largest absolute Gasteiger partial charge is 0.493 e. The fourth-order valence-corrected chi connectivity index (χ4v) is 6.42. The summed E-state index contributed by atoms with van der Waals surface area (Å²) in [6, 6.07) is 18.4. The minimum absolute atomic E-state index is 0.101. The molecule has 1 N–H and O–H groups in total. The number of benzene rings is 3. The van der Waals surface area contributed by atoms with Gasteiger partial charge in [0.2, 0.25) is 11.8 Å². The number of aromatic nitrogens is 2. The first-order valence-corrected chi connectivity index (χ1v) is 15.0. The number of carbonyl (C=O) groups is 2. The number of fused-ring (bicyclic) bond motifs is 1. The quantitative estimate of drug-likeness (QED) is 0.244. The molecule has 0 fully saturated rings. The number of anilines is 2. The highest BCUT2D eigenvalue weighted by Crippen LogP contribution is 2.49. The number of hydrogen-bond donors (Lipinski definition) is 1. The van der Waals surface area contributed by atoms with Crippen LogP contribution < -0.4 is 19.7 Å². The van der Waals surface area contributed by atoms with Crippen molar-refractivity contribution in [3.05, 3.63) is 94.4 Å². The Hall–Kier alpha value is -4.02. The minimum Gasteiger partial charge on any atom is -0.493 e. The number of rotatable bonds is 7. The lowest BCUT2D eigenvalue weighted by Gasteiger charge is -2.25. The van der Waals surface area contributed by atoms with E-state index in [4.69, 9.17) is 26.2 Å². The maximum absolute atomic E-state index is 13.9. The third kappa shape index (κ3) is 6.21. The molecule has 2 amide bonds. The molecular weight excluding hydrogens is 591 g/mol. The molecule has 4 aromatic rings. The lowest BCUT2D eigenvalue weighted by Crippen LogP contribution is -2.40. The summed E-state index contributed by atoms with van der Waals surface area (Å²) in [7, 11) is 3.16. The van der Waals surface area contributed by atoms with E-state index in [9.17, 15) is 14.0 Å². The van der Waals surface area contributed by atoms with Crippen molar-refractivity contribution < 1.29 is 23.5 Å². The summed E-state index contributed by atoms with van der Waals surface area (Å²) in [6.45, 7) is 5.88. The summed E-state index contributed by atoms with van der Waals surface area (Å²) in [5.74, 6) is 0.585. The second-order valence-electron chi connectivity index (χ2n) is 11.0. The Labute approximate surface area is 259 Å². The smallest absolute Gasteiger partial charge is 0.244 e. The van der Waals surface area contributed by atoms with Crippen molar-refractivity contribution in [2.45, 2.75) is 31.4 Å². The Morgan fingerprint density at radius 3 is 2.42 bits per heavy atom. The predicted octanol–water partition coefficient (Wildman–Crippen LogP) is 6.79. The van der Waals surface area contributed by atoms with Crippen LogP contribution in [0.25, 0.3) is 5.69 Å². The summed E-state index contributed by atoms with van der Waals surface area (Å²) in [4.78, 5) is 28.7. The number of amides is 2. The standard InChI is InChI=1S/C32H32ClFN4O4S/c1-32(2,3)30-28-29(19-10-15-24(41-4)25(16-19)42-5)43-18-27(40)37(17-26(39)35-21-13-11-20(34)12-14-21)31(28)38(36-30)23-9-7-6-8-22(23)33/h6-16,29H,17-18H2,1-5H3,(H,35,39). The van der Waals surface area contributed by atoms with E-state index in [0.717, 1.165) is 16.8 Å². The normalized spacial score (nSPS) is 15.1. The maximum Gasteiger partial charge on any atom is 0.244 e. The number of nitrogens with one attached hydrogen (secondary N) is 1. The molecule has 8 nitrogen and oxygen atoms in total. The second-order valence-corrected chi connectivity index (χ2v) is 12.5. The van der Waals surface area contributed by atoms with Crippen LogP contribution in [-0.4, -0.2) is 48.1 Å².